The van der Waals surface area contributed by atoms with Crippen molar-refractivity contribution < 1.29 is 4.79 Å². The van der Waals surface area contributed by atoms with E-state index in [9.17, 15) is 4.79 Å². The molecule has 1 aliphatic rings. The van der Waals surface area contributed by atoms with Crippen LogP contribution in [0.2, 0.25) is 0 Å². The van der Waals surface area contributed by atoms with E-state index in [1.807, 2.05) is 43.3 Å². The molecular weight excluding hydrogens is 288 g/mol. The van der Waals surface area contributed by atoms with Gasteiger partial charge in [0.2, 0.25) is 5.91 Å². The number of carbonyl (C=O) groups excluding carboxylic acids is 1. The van der Waals surface area contributed by atoms with Gasteiger partial charge in [0.05, 0.1) is 6.54 Å². The van der Waals surface area contributed by atoms with Crippen LogP contribution in [0.25, 0.3) is 0 Å². The maximum atomic E-state index is 11.8. The van der Waals surface area contributed by atoms with E-state index >= 15 is 0 Å². The summed E-state index contributed by atoms with van der Waals surface area (Å²) in [6.45, 7) is 6.10. The molecule has 0 aromatic heterocycles. The molecule has 0 radical (unpaired) electrons. The Kier molecular flexibility index (Phi) is 6.02. The van der Waals surface area contributed by atoms with Crippen LogP contribution in [0.4, 0.5) is 11.4 Å². The Morgan fingerprint density at radius 3 is 2.43 bits per heavy atom. The van der Waals surface area contributed by atoms with Gasteiger partial charge in [0.1, 0.15) is 0 Å². The highest BCUT2D eigenvalue weighted by Crippen LogP contribution is 2.25. The summed E-state index contributed by atoms with van der Waals surface area (Å²) in [5.74, 6) is 0.629. The van der Waals surface area contributed by atoms with Crippen LogP contribution in [0.15, 0.2) is 24.3 Å². The summed E-state index contributed by atoms with van der Waals surface area (Å²) in [6, 6.07) is 9.10. The summed E-state index contributed by atoms with van der Waals surface area (Å²) in [4.78, 5) is 16.0. The highest BCUT2D eigenvalue weighted by molar-refractivity contribution is 5.92. The number of hydrogen-bond acceptors (Lipinski definition) is 4. The van der Waals surface area contributed by atoms with E-state index in [0.29, 0.717) is 24.5 Å². The molecule has 1 amide bonds. The quantitative estimate of drug-likeness (QED) is 0.875. The van der Waals surface area contributed by atoms with E-state index in [4.69, 9.17) is 0 Å². The van der Waals surface area contributed by atoms with Gasteiger partial charge in [0.15, 0.2) is 0 Å². The van der Waals surface area contributed by atoms with Gasteiger partial charge in [-0.2, -0.15) is 0 Å². The van der Waals surface area contributed by atoms with Crippen molar-refractivity contribution in [2.45, 2.75) is 32.4 Å². The van der Waals surface area contributed by atoms with E-state index < -0.39 is 0 Å². The number of nitrogens with one attached hydrogen (secondary N) is 2. The molecule has 0 saturated carbocycles. The second-order valence-electron chi connectivity index (χ2n) is 7.12. The first-order valence-electron chi connectivity index (χ1n) is 8.36. The van der Waals surface area contributed by atoms with Gasteiger partial charge in [-0.05, 0) is 64.7 Å². The van der Waals surface area contributed by atoms with Crippen molar-refractivity contribution in [3.8, 4) is 0 Å². The van der Waals surface area contributed by atoms with Gasteiger partial charge >= 0.3 is 0 Å². The van der Waals surface area contributed by atoms with E-state index in [-0.39, 0.29) is 5.91 Å². The summed E-state index contributed by atoms with van der Waals surface area (Å²) in [6.07, 6.45) is 1.15. The Balaban J connectivity index is 1.91. The zero-order chi connectivity index (χ0) is 17.0. The van der Waals surface area contributed by atoms with Crippen molar-refractivity contribution >= 4 is 17.3 Å². The van der Waals surface area contributed by atoms with Crippen LogP contribution >= 0.6 is 0 Å². The molecule has 0 bridgehead atoms. The second kappa shape index (κ2) is 7.79. The molecule has 1 fully saturated rings. The molecule has 5 nitrogen and oxygen atoms in total. The fourth-order valence-corrected chi connectivity index (χ4v) is 3.09. The van der Waals surface area contributed by atoms with Gasteiger partial charge in [-0.15, -0.1) is 0 Å². The Hall–Kier alpha value is -1.59. The molecule has 128 valence electrons. The van der Waals surface area contributed by atoms with Crippen molar-refractivity contribution in [3.05, 3.63) is 24.3 Å². The Labute approximate surface area is 140 Å². The van der Waals surface area contributed by atoms with Gasteiger partial charge in [0.25, 0.3) is 0 Å². The number of piperidine rings is 1. The zero-order valence-corrected chi connectivity index (χ0v) is 15.0. The van der Waals surface area contributed by atoms with Gasteiger partial charge in [-0.25, -0.2) is 0 Å². The first-order chi connectivity index (χ1) is 10.8. The molecule has 0 aliphatic carbocycles. The lowest BCUT2D eigenvalue weighted by Crippen LogP contribution is -2.48. The third kappa shape index (κ3) is 5.22. The number of rotatable bonds is 5. The summed E-state index contributed by atoms with van der Waals surface area (Å²) in [5.41, 5.74) is 1.96. The van der Waals surface area contributed by atoms with Gasteiger partial charge in [0, 0.05) is 30.0 Å². The normalized spacial score (nSPS) is 25.4. The lowest BCUT2D eigenvalue weighted by Gasteiger charge is -2.40. The third-order valence-electron chi connectivity index (χ3n) is 4.59. The summed E-state index contributed by atoms with van der Waals surface area (Å²) in [5, 5.41) is 6.56. The van der Waals surface area contributed by atoms with Crippen LogP contribution in [-0.2, 0) is 4.79 Å². The number of likely N-dealkylation sites (N-methyl/N-ethyl adjacent to an activating group) is 1. The molecule has 3 atom stereocenters. The molecule has 1 heterocycles. The Bertz CT molecular complexity index is 514. The first kappa shape index (κ1) is 17.8. The van der Waals surface area contributed by atoms with E-state index in [0.717, 1.165) is 24.3 Å². The summed E-state index contributed by atoms with van der Waals surface area (Å²) in [7, 11) is 5.97. The topological polar surface area (TPSA) is 47.6 Å². The monoisotopic (exact) mass is 318 g/mol. The van der Waals surface area contributed by atoms with Crippen LogP contribution in [0.5, 0.6) is 0 Å². The lowest BCUT2D eigenvalue weighted by molar-refractivity contribution is -0.116. The van der Waals surface area contributed by atoms with Gasteiger partial charge < -0.3 is 20.4 Å². The second-order valence-corrected chi connectivity index (χ2v) is 7.12. The zero-order valence-electron chi connectivity index (χ0n) is 15.0. The molecule has 0 spiro atoms. The van der Waals surface area contributed by atoms with Crippen molar-refractivity contribution in [1.82, 2.24) is 9.80 Å². The van der Waals surface area contributed by atoms with Crippen LogP contribution in [0, 0.1) is 5.92 Å². The molecule has 1 aromatic rings. The SMILES string of the molecule is C[C@@H]1CN(C)[C@@H](C)C[C@H]1Nc1ccc(NC(=O)CN(C)C)cc1. The van der Waals surface area contributed by atoms with Crippen LogP contribution in [0.1, 0.15) is 20.3 Å². The van der Waals surface area contributed by atoms with E-state index in [1.54, 1.807) is 0 Å². The van der Waals surface area contributed by atoms with E-state index in [2.05, 4.69) is 36.4 Å². The molecular formula is C18H30N4O. The number of anilines is 2. The van der Waals surface area contributed by atoms with Crippen molar-refractivity contribution in [1.29, 1.82) is 0 Å². The highest BCUT2D eigenvalue weighted by atomic mass is 16.2. The minimum Gasteiger partial charge on any atom is -0.382 e. The fraction of sp³-hybridized carbons (Fsp3) is 0.611. The average Bonchev–Trinajstić information content (AvgIpc) is 2.46. The van der Waals surface area contributed by atoms with E-state index in [1.165, 1.54) is 0 Å². The average molecular weight is 318 g/mol. The largest absolute Gasteiger partial charge is 0.382 e. The number of benzene rings is 1. The minimum atomic E-state index is 0.00785. The minimum absolute atomic E-state index is 0.00785. The van der Waals surface area contributed by atoms with Crippen molar-refractivity contribution in [3.63, 3.8) is 0 Å². The predicted molar refractivity (Wildman–Crippen MR) is 96.9 cm³/mol. The van der Waals surface area contributed by atoms with Crippen LogP contribution in [0.3, 0.4) is 0 Å². The maximum Gasteiger partial charge on any atom is 0.238 e. The molecule has 23 heavy (non-hydrogen) atoms. The van der Waals surface area contributed by atoms with Crippen LogP contribution in [-0.4, -0.2) is 62.0 Å². The first-order valence-corrected chi connectivity index (χ1v) is 8.36. The van der Waals surface area contributed by atoms with Gasteiger partial charge in [-0.1, -0.05) is 6.92 Å². The van der Waals surface area contributed by atoms with Crippen molar-refractivity contribution in [2.24, 2.45) is 5.92 Å². The number of carbonyl (C=O) groups is 1. The summed E-state index contributed by atoms with van der Waals surface area (Å²) >= 11 is 0. The van der Waals surface area contributed by atoms with Gasteiger partial charge in [-0.3, -0.25) is 4.79 Å². The van der Waals surface area contributed by atoms with Crippen LogP contribution < -0.4 is 10.6 Å². The molecule has 5 heteroatoms. The highest BCUT2D eigenvalue weighted by Gasteiger charge is 2.28. The Morgan fingerprint density at radius 2 is 1.83 bits per heavy atom. The molecule has 0 unspecified atom stereocenters. The fourth-order valence-electron chi connectivity index (χ4n) is 3.09. The number of amides is 1. The third-order valence-corrected chi connectivity index (χ3v) is 4.59. The number of hydrogen-bond donors (Lipinski definition) is 2. The standard InChI is InChI=1S/C18H30N4O/c1-13-11-22(5)14(2)10-17(13)19-15-6-8-16(9-7-15)20-18(23)12-21(3)4/h6-9,13-14,17,19H,10-12H2,1-5H3,(H,20,23)/t13-,14+,17-/m1/s1. The molecule has 2 N–H and O–H groups in total. The predicted octanol–water partition coefficient (Wildman–Crippen LogP) is 2.33. The molecule has 1 aromatic carbocycles. The molecule has 1 saturated heterocycles. The molecule has 2 rings (SSSR count). The Morgan fingerprint density at radius 1 is 1.22 bits per heavy atom. The maximum absolute atomic E-state index is 11.8. The smallest absolute Gasteiger partial charge is 0.238 e. The van der Waals surface area contributed by atoms with Crippen molar-refractivity contribution in [2.75, 3.05) is 44.9 Å². The molecule has 1 aliphatic heterocycles. The number of nitrogens with zero attached hydrogens (tertiary/aromatic N) is 2. The summed E-state index contributed by atoms with van der Waals surface area (Å²) < 4.78 is 0. The lowest BCUT2D eigenvalue weighted by atomic mass is 9.89. The number of likely N-dealkylation sites (tertiary alicyclic amines) is 1.